The lowest BCUT2D eigenvalue weighted by molar-refractivity contribution is -0.144. The number of carbonyl (C=O) groups is 2. The summed E-state index contributed by atoms with van der Waals surface area (Å²) in [6, 6.07) is 10.1. The molecule has 1 aliphatic carbocycles. The Labute approximate surface area is 215 Å². The molecule has 8 nitrogen and oxygen atoms in total. The molecule has 3 heterocycles. The van der Waals surface area contributed by atoms with Gasteiger partial charge in [0.15, 0.2) is 5.82 Å². The molecule has 1 saturated carbocycles. The molecule has 2 N–H and O–H groups in total. The standard InChI is InChI=1S/C27H31ClN4O4/c1-16(33)32-13-11-18(12-14-32)17-3-5-19(6-4-17)24-22(28)15-23-25(30-24)31(2)27(29-23)36-21-9-7-20(8-10-21)26(34)35/h3-6,11,15,20-21,27,29H,7-10,12-14H2,1-2H3,(H,34,35). The lowest BCUT2D eigenvalue weighted by Crippen LogP contribution is -2.40. The number of carboxylic acids is 1. The van der Waals surface area contributed by atoms with E-state index in [0.29, 0.717) is 30.1 Å². The van der Waals surface area contributed by atoms with Crippen molar-refractivity contribution in [1.82, 2.24) is 9.88 Å². The SMILES string of the molecule is CC(=O)N1CC=C(c2ccc(-c3nc4c(cc3Cl)NC(OC3CCC(C(=O)O)CC3)N4C)cc2)CC1. The molecule has 1 unspecified atom stereocenters. The highest BCUT2D eigenvalue weighted by molar-refractivity contribution is 6.33. The molecule has 190 valence electrons. The molecule has 3 aliphatic rings. The molecule has 1 atom stereocenters. The first-order chi connectivity index (χ1) is 17.3. The Hall–Kier alpha value is -3.10. The van der Waals surface area contributed by atoms with Crippen molar-refractivity contribution in [3.05, 3.63) is 47.0 Å². The van der Waals surface area contributed by atoms with Crippen LogP contribution in [0.25, 0.3) is 16.8 Å². The predicted octanol–water partition coefficient (Wildman–Crippen LogP) is 4.84. The van der Waals surface area contributed by atoms with Crippen molar-refractivity contribution in [3.63, 3.8) is 0 Å². The maximum Gasteiger partial charge on any atom is 0.306 e. The number of aromatic nitrogens is 1. The highest BCUT2D eigenvalue weighted by atomic mass is 35.5. The topological polar surface area (TPSA) is 95.0 Å². The highest BCUT2D eigenvalue weighted by Crippen LogP contribution is 2.40. The number of hydrogen-bond donors (Lipinski definition) is 2. The number of nitrogens with one attached hydrogen (secondary N) is 1. The van der Waals surface area contributed by atoms with E-state index in [4.69, 9.17) is 21.3 Å². The molecule has 2 aliphatic heterocycles. The lowest BCUT2D eigenvalue weighted by atomic mass is 9.87. The van der Waals surface area contributed by atoms with Crippen molar-refractivity contribution in [2.75, 3.05) is 30.4 Å². The maximum absolute atomic E-state index is 11.6. The molecule has 5 rings (SSSR count). The number of ether oxygens (including phenoxy) is 1. The van der Waals surface area contributed by atoms with Crippen LogP contribution in [0.5, 0.6) is 0 Å². The van der Waals surface area contributed by atoms with Crippen LogP contribution in [0, 0.1) is 5.92 Å². The molecule has 36 heavy (non-hydrogen) atoms. The minimum absolute atomic E-state index is 0.00830. The molecular weight excluding hydrogens is 480 g/mol. The van der Waals surface area contributed by atoms with Gasteiger partial charge >= 0.3 is 5.97 Å². The Kier molecular flexibility index (Phi) is 6.90. The van der Waals surface area contributed by atoms with Gasteiger partial charge in [0.1, 0.15) is 0 Å². The third-order valence-corrected chi connectivity index (χ3v) is 7.74. The zero-order chi connectivity index (χ0) is 25.4. The van der Waals surface area contributed by atoms with Crippen LogP contribution < -0.4 is 10.2 Å². The third-order valence-electron chi connectivity index (χ3n) is 7.45. The number of hydrogen-bond acceptors (Lipinski definition) is 6. The van der Waals surface area contributed by atoms with Crippen LogP contribution in [-0.2, 0) is 14.3 Å². The quantitative estimate of drug-likeness (QED) is 0.594. The second-order valence-corrected chi connectivity index (χ2v) is 10.2. The van der Waals surface area contributed by atoms with Crippen molar-refractivity contribution in [3.8, 4) is 11.3 Å². The van der Waals surface area contributed by atoms with Crippen LogP contribution >= 0.6 is 11.6 Å². The summed E-state index contributed by atoms with van der Waals surface area (Å²) in [5.74, 6) is -0.112. The number of fused-ring (bicyclic) bond motifs is 1. The Bertz CT molecular complexity index is 1190. The Morgan fingerprint density at radius 1 is 1.14 bits per heavy atom. The molecule has 0 radical (unpaired) electrons. The first-order valence-corrected chi connectivity index (χ1v) is 12.8. The number of benzene rings is 1. The van der Waals surface area contributed by atoms with Crippen LogP contribution in [0.3, 0.4) is 0 Å². The van der Waals surface area contributed by atoms with Crippen LogP contribution in [-0.4, -0.2) is 59.5 Å². The molecule has 1 fully saturated rings. The number of aliphatic carboxylic acids is 1. The number of halogens is 1. The Morgan fingerprint density at radius 3 is 2.44 bits per heavy atom. The lowest BCUT2D eigenvalue weighted by Gasteiger charge is -2.31. The van der Waals surface area contributed by atoms with Gasteiger partial charge in [-0.05, 0) is 49.3 Å². The highest BCUT2D eigenvalue weighted by Gasteiger charge is 2.34. The van der Waals surface area contributed by atoms with Gasteiger partial charge in [-0.2, -0.15) is 0 Å². The van der Waals surface area contributed by atoms with E-state index in [1.165, 1.54) is 5.57 Å². The monoisotopic (exact) mass is 510 g/mol. The molecule has 1 aromatic carbocycles. The summed E-state index contributed by atoms with van der Waals surface area (Å²) in [7, 11) is 1.93. The summed E-state index contributed by atoms with van der Waals surface area (Å²) in [6.45, 7) is 2.99. The van der Waals surface area contributed by atoms with E-state index in [2.05, 4.69) is 23.5 Å². The number of carbonyl (C=O) groups excluding carboxylic acids is 1. The minimum Gasteiger partial charge on any atom is -0.481 e. The van der Waals surface area contributed by atoms with Gasteiger partial charge in [0.05, 0.1) is 28.4 Å². The molecule has 9 heteroatoms. The number of amides is 1. The molecule has 0 bridgehead atoms. The van der Waals surface area contributed by atoms with Gasteiger partial charge in [0.2, 0.25) is 12.3 Å². The first-order valence-electron chi connectivity index (χ1n) is 12.4. The molecule has 1 aromatic heterocycles. The number of anilines is 2. The van der Waals surface area contributed by atoms with Crippen LogP contribution in [0.2, 0.25) is 5.02 Å². The number of nitrogens with zero attached hydrogens (tertiary/aromatic N) is 3. The number of rotatable bonds is 5. The summed E-state index contributed by atoms with van der Waals surface area (Å²) in [4.78, 5) is 31.5. The van der Waals surface area contributed by atoms with Gasteiger partial charge < -0.3 is 25.0 Å². The van der Waals surface area contributed by atoms with E-state index >= 15 is 0 Å². The van der Waals surface area contributed by atoms with Gasteiger partial charge in [0, 0.05) is 32.6 Å². The summed E-state index contributed by atoms with van der Waals surface area (Å²) in [5, 5.41) is 13.1. The van der Waals surface area contributed by atoms with E-state index < -0.39 is 5.97 Å². The fourth-order valence-corrected chi connectivity index (χ4v) is 5.47. The average Bonchev–Trinajstić information content (AvgIpc) is 3.17. The minimum atomic E-state index is -0.716. The second-order valence-electron chi connectivity index (χ2n) is 9.77. The van der Waals surface area contributed by atoms with Crippen LogP contribution in [0.1, 0.15) is 44.6 Å². The van der Waals surface area contributed by atoms with E-state index in [1.807, 2.05) is 35.0 Å². The third kappa shape index (κ3) is 4.92. The molecule has 1 amide bonds. The number of pyridine rings is 1. The molecule has 0 spiro atoms. The zero-order valence-electron chi connectivity index (χ0n) is 20.5. The van der Waals surface area contributed by atoms with E-state index in [9.17, 15) is 14.7 Å². The summed E-state index contributed by atoms with van der Waals surface area (Å²) in [5.41, 5.74) is 4.84. The van der Waals surface area contributed by atoms with E-state index in [0.717, 1.165) is 48.4 Å². The van der Waals surface area contributed by atoms with Gasteiger partial charge in [-0.1, -0.05) is 41.9 Å². The predicted molar refractivity (Wildman–Crippen MR) is 140 cm³/mol. The largest absolute Gasteiger partial charge is 0.481 e. The summed E-state index contributed by atoms with van der Waals surface area (Å²) < 4.78 is 6.27. The Morgan fingerprint density at radius 2 is 1.83 bits per heavy atom. The van der Waals surface area contributed by atoms with Gasteiger partial charge in [-0.15, -0.1) is 0 Å². The fourth-order valence-electron chi connectivity index (χ4n) is 5.21. The average molecular weight is 511 g/mol. The van der Waals surface area contributed by atoms with Crippen molar-refractivity contribution in [2.24, 2.45) is 5.92 Å². The summed E-state index contributed by atoms with van der Waals surface area (Å²) >= 11 is 6.64. The number of carboxylic acid groups (broad SMARTS) is 1. The van der Waals surface area contributed by atoms with Gasteiger partial charge in [-0.25, -0.2) is 4.98 Å². The Balaban J connectivity index is 1.28. The second kappa shape index (κ2) is 10.1. The smallest absolute Gasteiger partial charge is 0.306 e. The maximum atomic E-state index is 11.6. The molecule has 0 saturated heterocycles. The normalized spacial score (nSPS) is 23.6. The van der Waals surface area contributed by atoms with Crippen molar-refractivity contribution in [1.29, 1.82) is 0 Å². The van der Waals surface area contributed by atoms with E-state index in [-0.39, 0.29) is 24.3 Å². The first kappa shape index (κ1) is 24.6. The summed E-state index contributed by atoms with van der Waals surface area (Å²) in [6.07, 6.45) is 5.33. The van der Waals surface area contributed by atoms with Gasteiger partial charge in [-0.3, -0.25) is 9.59 Å². The zero-order valence-corrected chi connectivity index (χ0v) is 21.3. The van der Waals surface area contributed by atoms with E-state index in [1.54, 1.807) is 6.92 Å². The van der Waals surface area contributed by atoms with Crippen LogP contribution in [0.4, 0.5) is 11.5 Å². The fraction of sp³-hybridized carbons (Fsp3) is 0.444. The van der Waals surface area contributed by atoms with Crippen molar-refractivity contribution in [2.45, 2.75) is 51.5 Å². The van der Waals surface area contributed by atoms with Crippen LogP contribution in [0.15, 0.2) is 36.4 Å². The van der Waals surface area contributed by atoms with Crippen molar-refractivity contribution < 1.29 is 19.4 Å². The van der Waals surface area contributed by atoms with Crippen molar-refractivity contribution >= 4 is 40.6 Å². The van der Waals surface area contributed by atoms with Gasteiger partial charge in [0.25, 0.3) is 0 Å². The molecular formula is C27H31ClN4O4. The molecule has 2 aromatic rings.